The molecular weight excluding hydrogens is 295 g/mol. The summed E-state index contributed by atoms with van der Waals surface area (Å²) in [5.74, 6) is -2.13. The van der Waals surface area contributed by atoms with E-state index in [1.807, 2.05) is 7.05 Å². The largest absolute Gasteiger partial charge is 0.490 e. The maximum absolute atomic E-state index is 10.6. The molecule has 1 aliphatic carbocycles. The van der Waals surface area contributed by atoms with E-state index in [0.717, 1.165) is 6.42 Å². The van der Waals surface area contributed by atoms with Crippen molar-refractivity contribution in [1.29, 1.82) is 0 Å². The van der Waals surface area contributed by atoms with Gasteiger partial charge in [0, 0.05) is 6.04 Å². The fourth-order valence-electron chi connectivity index (χ4n) is 1.93. The van der Waals surface area contributed by atoms with Gasteiger partial charge in [-0.05, 0) is 36.1 Å². The third-order valence-electron chi connectivity index (χ3n) is 3.40. The Morgan fingerprint density at radius 2 is 1.73 bits per heavy atom. The molecule has 1 aromatic rings. The second-order valence-electron chi connectivity index (χ2n) is 5.37. The van der Waals surface area contributed by atoms with Crippen molar-refractivity contribution in [3.05, 3.63) is 41.5 Å². The fourth-order valence-corrected chi connectivity index (χ4v) is 1.93. The Morgan fingerprint density at radius 1 is 1.27 bits per heavy atom. The number of carbonyl (C=O) groups is 1. The van der Waals surface area contributed by atoms with Gasteiger partial charge < -0.3 is 10.4 Å². The van der Waals surface area contributed by atoms with Crippen LogP contribution in [0.3, 0.4) is 0 Å². The van der Waals surface area contributed by atoms with Crippen molar-refractivity contribution in [2.75, 3.05) is 7.05 Å². The first kappa shape index (κ1) is 18.2. The van der Waals surface area contributed by atoms with Gasteiger partial charge in [0.1, 0.15) is 0 Å². The second-order valence-corrected chi connectivity index (χ2v) is 5.37. The molecule has 0 heterocycles. The van der Waals surface area contributed by atoms with E-state index in [2.05, 4.69) is 49.5 Å². The molecule has 0 radical (unpaired) electrons. The van der Waals surface area contributed by atoms with Crippen molar-refractivity contribution >= 4 is 11.5 Å². The van der Waals surface area contributed by atoms with Gasteiger partial charge in [-0.15, -0.1) is 0 Å². The predicted octanol–water partition coefficient (Wildman–Crippen LogP) is 3.82. The van der Waals surface area contributed by atoms with Gasteiger partial charge in [-0.2, -0.15) is 13.2 Å². The number of rotatable bonds is 3. The molecule has 6 heteroatoms. The molecule has 1 aliphatic rings. The number of alkyl halides is 3. The Hall–Kier alpha value is -1.82. The average molecular weight is 315 g/mol. The van der Waals surface area contributed by atoms with E-state index in [1.54, 1.807) is 0 Å². The minimum atomic E-state index is -5.08. The molecule has 2 N–H and O–H groups in total. The van der Waals surface area contributed by atoms with E-state index in [9.17, 15) is 13.2 Å². The van der Waals surface area contributed by atoms with Gasteiger partial charge in [-0.3, -0.25) is 0 Å². The second kappa shape index (κ2) is 7.45. The normalized spacial score (nSPS) is 17.2. The highest BCUT2D eigenvalue weighted by Gasteiger charge is 2.38. The van der Waals surface area contributed by atoms with Crippen LogP contribution < -0.4 is 5.32 Å². The number of likely N-dealkylation sites (N-methyl/N-ethyl adjacent to an activating group) is 1. The third kappa shape index (κ3) is 5.18. The van der Waals surface area contributed by atoms with E-state index < -0.39 is 12.1 Å². The molecule has 0 bridgehead atoms. The van der Waals surface area contributed by atoms with Crippen LogP contribution in [0.15, 0.2) is 30.3 Å². The first-order valence-electron chi connectivity index (χ1n) is 6.93. The molecule has 0 spiro atoms. The molecule has 22 heavy (non-hydrogen) atoms. The summed E-state index contributed by atoms with van der Waals surface area (Å²) in [5, 5.41) is 10.4. The van der Waals surface area contributed by atoms with Crippen LogP contribution >= 0.6 is 0 Å². The van der Waals surface area contributed by atoms with Gasteiger partial charge >= 0.3 is 12.1 Å². The van der Waals surface area contributed by atoms with Gasteiger partial charge in [0.05, 0.1) is 0 Å². The maximum Gasteiger partial charge on any atom is 0.490 e. The first-order valence-corrected chi connectivity index (χ1v) is 6.93. The van der Waals surface area contributed by atoms with E-state index in [4.69, 9.17) is 9.90 Å². The Balaban J connectivity index is 0.000000295. The minimum absolute atomic E-state index is 0.588. The number of carboxylic acid groups (broad SMARTS) is 1. The molecule has 122 valence electrons. The quantitative estimate of drug-likeness (QED) is 0.891. The van der Waals surface area contributed by atoms with Crippen molar-refractivity contribution in [3.63, 3.8) is 0 Å². The lowest BCUT2D eigenvalue weighted by Crippen LogP contribution is -2.29. The summed E-state index contributed by atoms with van der Waals surface area (Å²) in [5.41, 5.74) is 4.28. The van der Waals surface area contributed by atoms with Crippen molar-refractivity contribution in [2.24, 2.45) is 0 Å². The number of carboxylic acids is 1. The number of benzene rings is 1. The van der Waals surface area contributed by atoms with Gasteiger partial charge in [-0.1, -0.05) is 44.2 Å². The summed E-state index contributed by atoms with van der Waals surface area (Å²) >= 11 is 0. The van der Waals surface area contributed by atoms with Gasteiger partial charge in [0.2, 0.25) is 0 Å². The minimum Gasteiger partial charge on any atom is -0.475 e. The average Bonchev–Trinajstić information content (AvgIpc) is 2.37. The van der Waals surface area contributed by atoms with Crippen LogP contribution in [-0.2, 0) is 4.79 Å². The van der Waals surface area contributed by atoms with Gasteiger partial charge in [-0.25, -0.2) is 4.79 Å². The molecule has 1 atom stereocenters. The van der Waals surface area contributed by atoms with E-state index in [1.165, 1.54) is 16.7 Å². The highest BCUT2D eigenvalue weighted by atomic mass is 19.4. The van der Waals surface area contributed by atoms with Gasteiger partial charge in [0.25, 0.3) is 0 Å². The summed E-state index contributed by atoms with van der Waals surface area (Å²) in [4.78, 5) is 8.90. The summed E-state index contributed by atoms with van der Waals surface area (Å²) in [6, 6.07) is 9.56. The molecule has 2 rings (SSSR count). The summed E-state index contributed by atoms with van der Waals surface area (Å²) < 4.78 is 31.7. The molecule has 1 aromatic carbocycles. The Bertz CT molecular complexity index is 533. The SMILES string of the molecule is CNC1C=C(c2ccc(C(C)C)cc2)C1.O=C(O)C(F)(F)F. The monoisotopic (exact) mass is 315 g/mol. The number of halogens is 3. The number of nitrogens with one attached hydrogen (secondary N) is 1. The smallest absolute Gasteiger partial charge is 0.475 e. The highest BCUT2D eigenvalue weighted by molar-refractivity contribution is 5.73. The predicted molar refractivity (Wildman–Crippen MR) is 79.7 cm³/mol. The zero-order valence-corrected chi connectivity index (χ0v) is 12.7. The summed E-state index contributed by atoms with van der Waals surface area (Å²) in [6.45, 7) is 4.46. The highest BCUT2D eigenvalue weighted by Crippen LogP contribution is 2.30. The molecule has 0 fully saturated rings. The molecule has 0 amide bonds. The molecule has 3 nitrogen and oxygen atoms in total. The Labute approximate surface area is 127 Å². The Kier molecular flexibility index (Phi) is 6.17. The van der Waals surface area contributed by atoms with Crippen LogP contribution in [0.5, 0.6) is 0 Å². The lowest BCUT2D eigenvalue weighted by atomic mass is 9.87. The van der Waals surface area contributed by atoms with Gasteiger partial charge in [0.15, 0.2) is 0 Å². The lowest BCUT2D eigenvalue weighted by Gasteiger charge is -2.25. The molecule has 0 aromatic heterocycles. The Morgan fingerprint density at radius 3 is 2.05 bits per heavy atom. The van der Waals surface area contributed by atoms with Crippen molar-refractivity contribution in [2.45, 2.75) is 38.4 Å². The molecule has 1 unspecified atom stereocenters. The summed E-state index contributed by atoms with van der Waals surface area (Å²) in [6.07, 6.45) is -1.61. The van der Waals surface area contributed by atoms with Crippen LogP contribution in [0.4, 0.5) is 13.2 Å². The zero-order chi connectivity index (χ0) is 16.9. The first-order chi connectivity index (χ1) is 10.1. The standard InChI is InChI=1S/C14H19N.C2HF3O2/c1-10(2)11-4-6-12(7-5-11)13-8-14(9-13)15-3;3-2(4,5)1(6)7/h4-8,10,14-15H,9H2,1-3H3;(H,6,7). The van der Waals surface area contributed by atoms with Crippen molar-refractivity contribution < 1.29 is 23.1 Å². The van der Waals surface area contributed by atoms with Crippen molar-refractivity contribution in [3.8, 4) is 0 Å². The zero-order valence-electron chi connectivity index (χ0n) is 12.7. The molecule has 0 saturated heterocycles. The van der Waals surface area contributed by atoms with Crippen LogP contribution in [0.2, 0.25) is 0 Å². The van der Waals surface area contributed by atoms with Crippen LogP contribution in [0.1, 0.15) is 37.3 Å². The fraction of sp³-hybridized carbons (Fsp3) is 0.438. The third-order valence-corrected chi connectivity index (χ3v) is 3.40. The molecule has 0 aliphatic heterocycles. The number of hydrogen-bond donors (Lipinski definition) is 2. The number of hydrogen-bond acceptors (Lipinski definition) is 2. The van der Waals surface area contributed by atoms with E-state index in [0.29, 0.717) is 12.0 Å². The topological polar surface area (TPSA) is 49.3 Å². The van der Waals surface area contributed by atoms with E-state index >= 15 is 0 Å². The van der Waals surface area contributed by atoms with Crippen LogP contribution in [-0.4, -0.2) is 30.3 Å². The van der Waals surface area contributed by atoms with Crippen LogP contribution in [0.25, 0.3) is 5.57 Å². The number of aliphatic carboxylic acids is 1. The van der Waals surface area contributed by atoms with E-state index in [-0.39, 0.29) is 0 Å². The molecular formula is C16H20F3NO2. The molecule has 0 saturated carbocycles. The lowest BCUT2D eigenvalue weighted by molar-refractivity contribution is -0.192. The van der Waals surface area contributed by atoms with Crippen LogP contribution in [0, 0.1) is 0 Å². The van der Waals surface area contributed by atoms with Crippen molar-refractivity contribution in [1.82, 2.24) is 5.32 Å². The summed E-state index contributed by atoms with van der Waals surface area (Å²) in [7, 11) is 2.01. The maximum atomic E-state index is 10.6.